The Morgan fingerprint density at radius 3 is 2.89 bits per heavy atom. The Labute approximate surface area is 105 Å². The summed E-state index contributed by atoms with van der Waals surface area (Å²) in [6, 6.07) is 7.82. The first-order chi connectivity index (χ1) is 8.66. The van der Waals surface area contributed by atoms with Crippen LogP contribution in [0.3, 0.4) is 0 Å². The molecule has 1 atom stereocenters. The lowest BCUT2D eigenvalue weighted by Crippen LogP contribution is -2.01. The molecule has 0 fully saturated rings. The van der Waals surface area contributed by atoms with Crippen LogP contribution in [0.1, 0.15) is 24.2 Å². The summed E-state index contributed by atoms with van der Waals surface area (Å²) in [5, 5.41) is 9.57. The quantitative estimate of drug-likeness (QED) is 0.903. The number of ether oxygens (including phenoxy) is 1. The number of aliphatic hydroxyl groups is 1. The van der Waals surface area contributed by atoms with E-state index in [0.717, 1.165) is 5.56 Å². The second-order valence-corrected chi connectivity index (χ2v) is 4.01. The lowest BCUT2D eigenvalue weighted by Gasteiger charge is -2.13. The van der Waals surface area contributed by atoms with E-state index in [1.807, 2.05) is 12.1 Å². The standard InChI is InChI=1S/C14H14FNO2/c1-10(17)13-7-12(15)4-5-14(13)18-9-11-3-2-6-16-8-11/h2-8,10,17H,9H2,1H3/t10-/m0/s1. The van der Waals surface area contributed by atoms with E-state index in [1.165, 1.54) is 18.2 Å². The fourth-order valence-electron chi connectivity index (χ4n) is 1.62. The van der Waals surface area contributed by atoms with Gasteiger partial charge in [0.25, 0.3) is 0 Å². The van der Waals surface area contributed by atoms with Crippen molar-refractivity contribution in [2.75, 3.05) is 0 Å². The van der Waals surface area contributed by atoms with Crippen LogP contribution >= 0.6 is 0 Å². The number of hydrogen-bond donors (Lipinski definition) is 1. The number of aliphatic hydroxyl groups excluding tert-OH is 1. The Balaban J connectivity index is 2.14. The third-order valence-electron chi connectivity index (χ3n) is 2.54. The van der Waals surface area contributed by atoms with Gasteiger partial charge in [-0.15, -0.1) is 0 Å². The van der Waals surface area contributed by atoms with Crippen molar-refractivity contribution in [1.82, 2.24) is 4.98 Å². The molecule has 0 amide bonds. The fourth-order valence-corrected chi connectivity index (χ4v) is 1.62. The van der Waals surface area contributed by atoms with Crippen LogP contribution in [0, 0.1) is 5.82 Å². The molecule has 0 saturated heterocycles. The normalized spacial score (nSPS) is 12.2. The van der Waals surface area contributed by atoms with Crippen LogP contribution in [0.25, 0.3) is 0 Å². The number of benzene rings is 1. The molecule has 94 valence electrons. The van der Waals surface area contributed by atoms with Gasteiger partial charge in [-0.25, -0.2) is 4.39 Å². The summed E-state index contributed by atoms with van der Waals surface area (Å²) in [6.07, 6.45) is 2.61. The molecule has 0 radical (unpaired) electrons. The lowest BCUT2D eigenvalue weighted by atomic mass is 10.1. The third-order valence-corrected chi connectivity index (χ3v) is 2.54. The first-order valence-electron chi connectivity index (χ1n) is 5.66. The second kappa shape index (κ2) is 5.60. The van der Waals surface area contributed by atoms with E-state index in [2.05, 4.69) is 4.98 Å². The van der Waals surface area contributed by atoms with E-state index < -0.39 is 6.10 Å². The molecule has 3 nitrogen and oxygen atoms in total. The van der Waals surface area contributed by atoms with Crippen molar-refractivity contribution in [3.63, 3.8) is 0 Å². The zero-order valence-electron chi connectivity index (χ0n) is 10.0. The third kappa shape index (κ3) is 3.05. The van der Waals surface area contributed by atoms with Gasteiger partial charge in [-0.2, -0.15) is 0 Å². The van der Waals surface area contributed by atoms with Gasteiger partial charge in [-0.3, -0.25) is 4.98 Å². The lowest BCUT2D eigenvalue weighted by molar-refractivity contribution is 0.189. The van der Waals surface area contributed by atoms with E-state index in [-0.39, 0.29) is 5.82 Å². The van der Waals surface area contributed by atoms with Gasteiger partial charge in [0.15, 0.2) is 0 Å². The number of halogens is 1. The number of pyridine rings is 1. The molecule has 0 aliphatic carbocycles. The van der Waals surface area contributed by atoms with Gasteiger partial charge in [0.2, 0.25) is 0 Å². The largest absolute Gasteiger partial charge is 0.488 e. The van der Waals surface area contributed by atoms with Crippen LogP contribution in [0.4, 0.5) is 4.39 Å². The molecule has 18 heavy (non-hydrogen) atoms. The van der Waals surface area contributed by atoms with Gasteiger partial charge in [-0.1, -0.05) is 6.07 Å². The molecule has 0 aliphatic heterocycles. The molecule has 2 aromatic rings. The Kier molecular flexibility index (Phi) is 3.89. The number of rotatable bonds is 4. The van der Waals surface area contributed by atoms with Crippen molar-refractivity contribution >= 4 is 0 Å². The van der Waals surface area contributed by atoms with Crippen molar-refractivity contribution in [2.24, 2.45) is 0 Å². The van der Waals surface area contributed by atoms with E-state index in [4.69, 9.17) is 4.74 Å². The molecule has 1 N–H and O–H groups in total. The van der Waals surface area contributed by atoms with Gasteiger partial charge in [0.1, 0.15) is 18.2 Å². The minimum Gasteiger partial charge on any atom is -0.488 e. The van der Waals surface area contributed by atoms with Gasteiger partial charge < -0.3 is 9.84 Å². The molecule has 0 spiro atoms. The summed E-state index contributed by atoms with van der Waals surface area (Å²) in [5.41, 5.74) is 1.36. The smallest absolute Gasteiger partial charge is 0.125 e. The van der Waals surface area contributed by atoms with Crippen molar-refractivity contribution in [3.05, 3.63) is 59.7 Å². The van der Waals surface area contributed by atoms with Gasteiger partial charge in [0.05, 0.1) is 6.10 Å². The van der Waals surface area contributed by atoms with Crippen LogP contribution < -0.4 is 4.74 Å². The molecule has 1 aromatic carbocycles. The Hall–Kier alpha value is -1.94. The average molecular weight is 247 g/mol. The summed E-state index contributed by atoms with van der Waals surface area (Å²) >= 11 is 0. The molecule has 2 rings (SSSR count). The molecular weight excluding hydrogens is 233 g/mol. The molecule has 0 bridgehead atoms. The van der Waals surface area contributed by atoms with Crippen molar-refractivity contribution in [3.8, 4) is 5.75 Å². The summed E-state index contributed by atoms with van der Waals surface area (Å²) in [7, 11) is 0. The van der Waals surface area contributed by atoms with Crippen LogP contribution in [0.5, 0.6) is 5.75 Å². The van der Waals surface area contributed by atoms with Crippen molar-refractivity contribution in [2.45, 2.75) is 19.6 Å². The van der Waals surface area contributed by atoms with Crippen molar-refractivity contribution < 1.29 is 14.2 Å². The first kappa shape index (κ1) is 12.5. The fraction of sp³-hybridized carbons (Fsp3) is 0.214. The molecular formula is C14H14FNO2. The van der Waals surface area contributed by atoms with Gasteiger partial charge in [0, 0.05) is 23.5 Å². The predicted molar refractivity (Wildman–Crippen MR) is 65.6 cm³/mol. The van der Waals surface area contributed by atoms with Crippen LogP contribution in [-0.2, 0) is 6.61 Å². The molecule has 4 heteroatoms. The van der Waals surface area contributed by atoms with Crippen LogP contribution in [-0.4, -0.2) is 10.1 Å². The van der Waals surface area contributed by atoms with E-state index in [9.17, 15) is 9.50 Å². The number of aromatic nitrogens is 1. The number of hydrogen-bond acceptors (Lipinski definition) is 3. The monoisotopic (exact) mass is 247 g/mol. The maximum absolute atomic E-state index is 13.1. The average Bonchev–Trinajstić information content (AvgIpc) is 2.38. The highest BCUT2D eigenvalue weighted by molar-refractivity contribution is 5.35. The van der Waals surface area contributed by atoms with Crippen LogP contribution in [0.2, 0.25) is 0 Å². The Morgan fingerprint density at radius 1 is 1.39 bits per heavy atom. The van der Waals surface area contributed by atoms with E-state index in [0.29, 0.717) is 17.9 Å². The Bertz CT molecular complexity index is 514. The van der Waals surface area contributed by atoms with E-state index >= 15 is 0 Å². The van der Waals surface area contributed by atoms with Gasteiger partial charge >= 0.3 is 0 Å². The minimum atomic E-state index is -0.774. The van der Waals surface area contributed by atoms with Gasteiger partial charge in [-0.05, 0) is 31.2 Å². The summed E-state index contributed by atoms with van der Waals surface area (Å²) < 4.78 is 18.7. The zero-order valence-corrected chi connectivity index (χ0v) is 10.0. The number of nitrogens with zero attached hydrogens (tertiary/aromatic N) is 1. The Morgan fingerprint density at radius 2 is 2.22 bits per heavy atom. The maximum atomic E-state index is 13.1. The zero-order chi connectivity index (χ0) is 13.0. The highest BCUT2D eigenvalue weighted by Gasteiger charge is 2.10. The van der Waals surface area contributed by atoms with E-state index in [1.54, 1.807) is 19.3 Å². The van der Waals surface area contributed by atoms with Crippen LogP contribution in [0.15, 0.2) is 42.7 Å². The molecule has 1 heterocycles. The van der Waals surface area contributed by atoms with Crippen molar-refractivity contribution in [1.29, 1.82) is 0 Å². The minimum absolute atomic E-state index is 0.333. The second-order valence-electron chi connectivity index (χ2n) is 4.01. The highest BCUT2D eigenvalue weighted by Crippen LogP contribution is 2.26. The SMILES string of the molecule is C[C@H](O)c1cc(F)ccc1OCc1cccnc1. The molecule has 0 aliphatic rings. The first-order valence-corrected chi connectivity index (χ1v) is 5.66. The molecule has 0 saturated carbocycles. The molecule has 0 unspecified atom stereocenters. The molecule has 1 aromatic heterocycles. The predicted octanol–water partition coefficient (Wildman–Crippen LogP) is 2.85. The summed E-state index contributed by atoms with van der Waals surface area (Å²) in [5.74, 6) is 0.0925. The summed E-state index contributed by atoms with van der Waals surface area (Å²) in [4.78, 5) is 3.98. The highest BCUT2D eigenvalue weighted by atomic mass is 19.1. The topological polar surface area (TPSA) is 42.4 Å². The summed E-state index contributed by atoms with van der Waals surface area (Å²) in [6.45, 7) is 1.91. The maximum Gasteiger partial charge on any atom is 0.125 e.